The topological polar surface area (TPSA) is 50.8 Å². The summed E-state index contributed by atoms with van der Waals surface area (Å²) < 4.78 is 10.8. The highest BCUT2D eigenvalue weighted by molar-refractivity contribution is 5.74. The Balaban J connectivity index is 1.75. The van der Waals surface area contributed by atoms with Crippen molar-refractivity contribution in [1.82, 2.24) is 10.2 Å². The number of carbonyl (C=O) groups is 1. The van der Waals surface area contributed by atoms with Crippen LogP contribution >= 0.6 is 0 Å². The predicted molar refractivity (Wildman–Crippen MR) is 70.4 cm³/mol. The van der Waals surface area contributed by atoms with Crippen molar-refractivity contribution in [3.8, 4) is 11.5 Å². The maximum atomic E-state index is 12.0. The predicted octanol–water partition coefficient (Wildman–Crippen LogP) is 1.89. The first kappa shape index (κ1) is 12.1. The molecule has 0 fully saturated rings. The summed E-state index contributed by atoms with van der Waals surface area (Å²) in [5.41, 5.74) is 2.41. The minimum Gasteiger partial charge on any atom is -0.454 e. The van der Waals surface area contributed by atoms with E-state index in [-0.39, 0.29) is 6.03 Å². The summed E-state index contributed by atoms with van der Waals surface area (Å²) in [7, 11) is 0. The monoisotopic (exact) mass is 262 g/mol. The molecule has 0 bridgehead atoms. The van der Waals surface area contributed by atoms with Crippen molar-refractivity contribution < 1.29 is 14.3 Å². The molecule has 2 aliphatic rings. The van der Waals surface area contributed by atoms with Gasteiger partial charge in [0.15, 0.2) is 11.5 Å². The van der Waals surface area contributed by atoms with Crippen molar-refractivity contribution >= 4 is 6.03 Å². The van der Waals surface area contributed by atoms with Gasteiger partial charge in [-0.05, 0) is 36.1 Å². The number of nitrogens with zero attached hydrogens (tertiary/aromatic N) is 1. The van der Waals surface area contributed by atoms with Crippen molar-refractivity contribution in [3.05, 3.63) is 23.3 Å². The number of benzene rings is 1. The summed E-state index contributed by atoms with van der Waals surface area (Å²) in [4.78, 5) is 13.8. The van der Waals surface area contributed by atoms with Gasteiger partial charge >= 0.3 is 6.03 Å². The lowest BCUT2D eigenvalue weighted by Crippen LogP contribution is -2.42. The van der Waals surface area contributed by atoms with Gasteiger partial charge in [-0.15, -0.1) is 0 Å². The number of rotatable bonds is 2. The highest BCUT2D eigenvalue weighted by atomic mass is 16.7. The third-order valence-corrected chi connectivity index (χ3v) is 3.52. The molecule has 0 aromatic heterocycles. The minimum atomic E-state index is 0.0187. The van der Waals surface area contributed by atoms with Gasteiger partial charge in [0.2, 0.25) is 6.79 Å². The van der Waals surface area contributed by atoms with Crippen LogP contribution in [0.5, 0.6) is 11.5 Å². The quantitative estimate of drug-likeness (QED) is 0.885. The first-order chi connectivity index (χ1) is 9.28. The lowest BCUT2D eigenvalue weighted by molar-refractivity contribution is 0.174. The third kappa shape index (κ3) is 2.32. The van der Waals surface area contributed by atoms with Crippen LogP contribution in [0.2, 0.25) is 0 Å². The Morgan fingerprint density at radius 3 is 2.79 bits per heavy atom. The molecule has 0 atom stereocenters. The second-order valence-corrected chi connectivity index (χ2v) is 4.88. The summed E-state index contributed by atoms with van der Waals surface area (Å²) in [6.45, 7) is 4.46. The van der Waals surface area contributed by atoms with Gasteiger partial charge in [0.05, 0.1) is 0 Å². The van der Waals surface area contributed by atoms with E-state index in [4.69, 9.17) is 9.47 Å². The molecular formula is C14H18N2O3. The highest BCUT2D eigenvalue weighted by Crippen LogP contribution is 2.36. The van der Waals surface area contributed by atoms with E-state index in [1.807, 2.05) is 24.0 Å². The van der Waals surface area contributed by atoms with Gasteiger partial charge in [0.1, 0.15) is 0 Å². The van der Waals surface area contributed by atoms with Gasteiger partial charge in [0.25, 0.3) is 0 Å². The molecular weight excluding hydrogens is 244 g/mol. The van der Waals surface area contributed by atoms with Crippen LogP contribution in [0.3, 0.4) is 0 Å². The second-order valence-electron chi connectivity index (χ2n) is 4.88. The number of nitrogens with one attached hydrogen (secondary N) is 1. The summed E-state index contributed by atoms with van der Waals surface area (Å²) in [5.74, 6) is 1.61. The van der Waals surface area contributed by atoms with Crippen LogP contribution in [0, 0.1) is 0 Å². The van der Waals surface area contributed by atoms with Gasteiger partial charge in [-0.3, -0.25) is 0 Å². The van der Waals surface area contributed by atoms with E-state index in [0.29, 0.717) is 13.3 Å². The van der Waals surface area contributed by atoms with Gasteiger partial charge in [-0.2, -0.15) is 0 Å². The number of carbonyl (C=O) groups excluding carboxylic acids is 1. The molecule has 2 amide bonds. The number of amides is 2. The number of urea groups is 1. The molecule has 1 N–H and O–H groups in total. The fourth-order valence-electron chi connectivity index (χ4n) is 2.46. The Hall–Kier alpha value is -1.91. The van der Waals surface area contributed by atoms with Crippen LogP contribution in [0.1, 0.15) is 24.5 Å². The standard InChI is InChI=1S/C14H18N2O3/c1-2-4-15-14(17)16-5-3-10-6-12-13(19-9-18-12)7-11(10)8-16/h6-7H,2-5,8-9H2,1H3,(H,15,17). The Bertz CT molecular complexity index is 502. The fraction of sp³-hybridized carbons (Fsp3) is 0.500. The van der Waals surface area contributed by atoms with Crippen LogP contribution in [0.25, 0.3) is 0 Å². The molecule has 1 aromatic rings. The van der Waals surface area contributed by atoms with Crippen LogP contribution in [0.4, 0.5) is 4.79 Å². The number of hydrogen-bond donors (Lipinski definition) is 1. The molecule has 102 valence electrons. The molecule has 5 heteroatoms. The van der Waals surface area contributed by atoms with E-state index in [1.54, 1.807) is 0 Å². The lowest BCUT2D eigenvalue weighted by atomic mass is 9.99. The summed E-state index contributed by atoms with van der Waals surface area (Å²) in [6.07, 6.45) is 1.82. The lowest BCUT2D eigenvalue weighted by Gasteiger charge is -2.29. The molecule has 19 heavy (non-hydrogen) atoms. The van der Waals surface area contributed by atoms with Crippen molar-refractivity contribution in [2.45, 2.75) is 26.3 Å². The summed E-state index contributed by atoms with van der Waals surface area (Å²) in [6, 6.07) is 4.06. The Morgan fingerprint density at radius 1 is 1.32 bits per heavy atom. The van der Waals surface area contributed by atoms with E-state index >= 15 is 0 Å². The van der Waals surface area contributed by atoms with Crippen LogP contribution < -0.4 is 14.8 Å². The SMILES string of the molecule is CCCNC(=O)N1CCc2cc3c(cc2C1)OCO3. The van der Waals surface area contributed by atoms with Crippen molar-refractivity contribution in [1.29, 1.82) is 0 Å². The third-order valence-electron chi connectivity index (χ3n) is 3.52. The number of hydrogen-bond acceptors (Lipinski definition) is 3. The molecule has 5 nitrogen and oxygen atoms in total. The maximum absolute atomic E-state index is 12.0. The molecule has 0 unspecified atom stereocenters. The van der Waals surface area contributed by atoms with E-state index in [1.165, 1.54) is 5.56 Å². The average Bonchev–Trinajstić information content (AvgIpc) is 2.88. The van der Waals surface area contributed by atoms with E-state index in [9.17, 15) is 4.79 Å². The van der Waals surface area contributed by atoms with E-state index in [2.05, 4.69) is 5.32 Å². The zero-order valence-electron chi connectivity index (χ0n) is 11.1. The highest BCUT2D eigenvalue weighted by Gasteiger charge is 2.24. The molecule has 1 aromatic carbocycles. The molecule has 0 saturated heterocycles. The number of ether oxygens (including phenoxy) is 2. The number of fused-ring (bicyclic) bond motifs is 2. The smallest absolute Gasteiger partial charge is 0.317 e. The van der Waals surface area contributed by atoms with Crippen LogP contribution in [-0.2, 0) is 13.0 Å². The first-order valence-electron chi connectivity index (χ1n) is 6.72. The Kier molecular flexibility index (Phi) is 3.19. The van der Waals surface area contributed by atoms with Crippen molar-refractivity contribution in [2.75, 3.05) is 19.9 Å². The molecule has 3 rings (SSSR count). The zero-order valence-corrected chi connectivity index (χ0v) is 11.1. The summed E-state index contributed by atoms with van der Waals surface area (Å²) >= 11 is 0. The minimum absolute atomic E-state index is 0.0187. The maximum Gasteiger partial charge on any atom is 0.317 e. The molecule has 0 saturated carbocycles. The van der Waals surface area contributed by atoms with Crippen molar-refractivity contribution in [2.24, 2.45) is 0 Å². The molecule has 0 radical (unpaired) electrons. The average molecular weight is 262 g/mol. The Morgan fingerprint density at radius 2 is 2.05 bits per heavy atom. The first-order valence-corrected chi connectivity index (χ1v) is 6.72. The zero-order chi connectivity index (χ0) is 13.2. The fourth-order valence-corrected chi connectivity index (χ4v) is 2.46. The molecule has 2 aliphatic heterocycles. The van der Waals surface area contributed by atoms with Gasteiger partial charge in [-0.25, -0.2) is 4.79 Å². The van der Waals surface area contributed by atoms with Gasteiger partial charge in [-0.1, -0.05) is 6.92 Å². The van der Waals surface area contributed by atoms with Crippen LogP contribution in [-0.4, -0.2) is 30.8 Å². The molecule has 0 spiro atoms. The van der Waals surface area contributed by atoms with E-state index < -0.39 is 0 Å². The normalized spacial score (nSPS) is 16.2. The van der Waals surface area contributed by atoms with E-state index in [0.717, 1.165) is 43.0 Å². The van der Waals surface area contributed by atoms with Gasteiger partial charge in [0, 0.05) is 19.6 Å². The van der Waals surface area contributed by atoms with Gasteiger partial charge < -0.3 is 19.7 Å². The van der Waals surface area contributed by atoms with Crippen LogP contribution in [0.15, 0.2) is 12.1 Å². The van der Waals surface area contributed by atoms with Crippen molar-refractivity contribution in [3.63, 3.8) is 0 Å². The molecule has 0 aliphatic carbocycles. The summed E-state index contributed by atoms with van der Waals surface area (Å²) in [5, 5.41) is 2.92. The Labute approximate surface area is 112 Å². The molecule has 2 heterocycles. The second kappa shape index (κ2) is 4.99. The largest absolute Gasteiger partial charge is 0.454 e.